The van der Waals surface area contributed by atoms with E-state index < -0.39 is 68.7 Å². The molecule has 0 radical (unpaired) electrons. The highest BCUT2D eigenvalue weighted by Gasteiger charge is 2.45. The monoisotopic (exact) mass is 668 g/mol. The fourth-order valence-electron chi connectivity index (χ4n) is 7.48. The van der Waals surface area contributed by atoms with E-state index in [2.05, 4.69) is 0 Å². The highest BCUT2D eigenvalue weighted by Crippen LogP contribution is 2.63. The maximum atomic E-state index is 11.9. The van der Waals surface area contributed by atoms with Crippen molar-refractivity contribution in [2.24, 2.45) is 10.8 Å². The Morgan fingerprint density at radius 1 is 0.490 bits per heavy atom. The van der Waals surface area contributed by atoms with E-state index in [4.69, 9.17) is 0 Å². The molecule has 2 aliphatic rings. The fraction of sp³-hybridized carbons (Fsp3) is 0.282. The number of hydrogen-bond acceptors (Lipinski definition) is 10. The van der Waals surface area contributed by atoms with Gasteiger partial charge >= 0.3 is 0 Å². The number of aliphatic hydroxyl groups excluding tert-OH is 2. The first-order valence-electron chi connectivity index (χ1n) is 15.8. The number of phenols is 8. The first-order chi connectivity index (χ1) is 22.8. The van der Waals surface area contributed by atoms with Crippen LogP contribution in [0.1, 0.15) is 86.8 Å². The zero-order valence-electron chi connectivity index (χ0n) is 28.0. The molecule has 4 aromatic rings. The summed E-state index contributed by atoms with van der Waals surface area (Å²) < 4.78 is 0. The van der Waals surface area contributed by atoms with Crippen LogP contribution >= 0.6 is 0 Å². The minimum atomic E-state index is -1.10. The second-order valence-electron chi connectivity index (χ2n) is 14.9. The van der Waals surface area contributed by atoms with E-state index in [1.54, 1.807) is 53.7 Å². The van der Waals surface area contributed by atoms with E-state index in [0.717, 1.165) is 5.56 Å². The summed E-state index contributed by atoms with van der Waals surface area (Å²) in [6.07, 6.45) is 0.0115. The van der Waals surface area contributed by atoms with E-state index in [9.17, 15) is 51.1 Å². The van der Waals surface area contributed by atoms with Gasteiger partial charge in [0.1, 0.15) is 11.5 Å². The molecule has 6 rings (SSSR count). The number of aromatic hydroxyl groups is 8. The lowest BCUT2D eigenvalue weighted by Crippen LogP contribution is -2.10. The van der Waals surface area contributed by atoms with Gasteiger partial charge in [0.05, 0.1) is 11.8 Å². The van der Waals surface area contributed by atoms with Crippen molar-refractivity contribution >= 4 is 11.1 Å². The average Bonchev–Trinajstić information content (AvgIpc) is 3.52. The number of benzene rings is 4. The molecule has 0 saturated heterocycles. The summed E-state index contributed by atoms with van der Waals surface area (Å²) in [6.45, 7) is 10.8. The zero-order valence-corrected chi connectivity index (χ0v) is 28.0. The van der Waals surface area contributed by atoms with E-state index in [-0.39, 0.29) is 51.3 Å². The third-order valence-electron chi connectivity index (χ3n) is 9.52. The molecule has 0 spiro atoms. The standard InChI is InChI=1S/C39H40O10/c1-38(2,3)26-24-22(30(42)34(46)36(48)32(24)44)20(28(26)40)14-16-12-18(17-10-8-7-9-11-17)15-19(13-16)21-23-25(27(29(21)41)39(4,5)6)33(45)37(49)35(47)31(23)43/h7-13,15,20-21,40-49H,14H2,1-6H3. The van der Waals surface area contributed by atoms with Gasteiger partial charge in [0.2, 0.25) is 23.0 Å². The second kappa shape index (κ2) is 10.9. The molecule has 0 saturated carbocycles. The lowest BCUT2D eigenvalue weighted by Gasteiger charge is -2.23. The molecule has 0 bridgehead atoms. The summed E-state index contributed by atoms with van der Waals surface area (Å²) in [4.78, 5) is 0. The Labute approximate surface area is 283 Å². The number of phenolic OH excluding ortho intramolecular Hbond substituents is 8. The third kappa shape index (κ3) is 4.93. The predicted molar refractivity (Wildman–Crippen MR) is 184 cm³/mol. The zero-order chi connectivity index (χ0) is 36.1. The largest absolute Gasteiger partial charge is 0.511 e. The molecule has 10 nitrogen and oxygen atoms in total. The van der Waals surface area contributed by atoms with Gasteiger partial charge in [-0.1, -0.05) is 90.1 Å². The number of allylic oxidation sites excluding steroid dienone is 4. The lowest BCUT2D eigenvalue weighted by atomic mass is 9.82. The Morgan fingerprint density at radius 2 is 0.959 bits per heavy atom. The van der Waals surface area contributed by atoms with Crippen molar-refractivity contribution in [3.05, 3.63) is 93.4 Å². The molecule has 4 aromatic carbocycles. The molecule has 2 atom stereocenters. The van der Waals surface area contributed by atoms with Gasteiger partial charge in [0.15, 0.2) is 23.0 Å². The van der Waals surface area contributed by atoms with Crippen molar-refractivity contribution < 1.29 is 51.1 Å². The van der Waals surface area contributed by atoms with Crippen molar-refractivity contribution in [3.63, 3.8) is 0 Å². The van der Waals surface area contributed by atoms with Crippen LogP contribution < -0.4 is 0 Å². The van der Waals surface area contributed by atoms with Crippen LogP contribution in [0.15, 0.2) is 60.0 Å². The first kappa shape index (κ1) is 33.3. The summed E-state index contributed by atoms with van der Waals surface area (Å²) in [5.41, 5.74) is 1.53. The molecule has 0 amide bonds. The maximum absolute atomic E-state index is 11.9. The molecule has 256 valence electrons. The summed E-state index contributed by atoms with van der Waals surface area (Å²) in [6, 6.07) is 14.7. The highest BCUT2D eigenvalue weighted by molar-refractivity contribution is 5.90. The SMILES string of the molecule is CC(C)(C)C1=C(O)C(Cc2cc(-c3ccccc3)cc(C3C(O)=C(C(C)(C)C)c4c(O)c(O)c(O)c(O)c43)c2)c2c(O)c(O)c(O)c(O)c21. The molecular weight excluding hydrogens is 628 g/mol. The Bertz CT molecular complexity index is 2110. The average molecular weight is 669 g/mol. The minimum absolute atomic E-state index is 0.00155. The van der Waals surface area contributed by atoms with E-state index in [0.29, 0.717) is 16.7 Å². The van der Waals surface area contributed by atoms with Gasteiger partial charge in [-0.15, -0.1) is 0 Å². The van der Waals surface area contributed by atoms with Crippen LogP contribution in [-0.2, 0) is 6.42 Å². The van der Waals surface area contributed by atoms with Crippen molar-refractivity contribution in [2.75, 3.05) is 0 Å². The molecule has 2 unspecified atom stereocenters. The predicted octanol–water partition coefficient (Wildman–Crippen LogP) is 8.11. The fourth-order valence-corrected chi connectivity index (χ4v) is 7.48. The summed E-state index contributed by atoms with van der Waals surface area (Å²) in [7, 11) is 0. The van der Waals surface area contributed by atoms with Crippen molar-refractivity contribution in [2.45, 2.75) is 59.8 Å². The van der Waals surface area contributed by atoms with Gasteiger partial charge in [-0.2, -0.15) is 0 Å². The Kier molecular flexibility index (Phi) is 7.43. The molecule has 0 heterocycles. The lowest BCUT2D eigenvalue weighted by molar-refractivity contribution is 0.337. The van der Waals surface area contributed by atoms with Crippen LogP contribution in [0.25, 0.3) is 22.3 Å². The Hall–Kier alpha value is -5.64. The quantitative estimate of drug-likeness (QED) is 0.0747. The van der Waals surface area contributed by atoms with E-state index >= 15 is 0 Å². The molecule has 2 aliphatic carbocycles. The van der Waals surface area contributed by atoms with Gasteiger partial charge in [-0.25, -0.2) is 0 Å². The van der Waals surface area contributed by atoms with E-state index in [1.165, 1.54) is 0 Å². The van der Waals surface area contributed by atoms with Crippen LogP contribution in [0, 0.1) is 10.8 Å². The molecule has 0 fully saturated rings. The van der Waals surface area contributed by atoms with Crippen LogP contribution in [0.3, 0.4) is 0 Å². The van der Waals surface area contributed by atoms with Gasteiger partial charge in [0, 0.05) is 33.4 Å². The number of rotatable bonds is 4. The van der Waals surface area contributed by atoms with Gasteiger partial charge in [0.25, 0.3) is 0 Å². The van der Waals surface area contributed by atoms with Crippen LogP contribution in [-0.4, -0.2) is 51.1 Å². The molecular formula is C39H40O10. The van der Waals surface area contributed by atoms with Gasteiger partial charge in [-0.05, 0) is 39.5 Å². The Balaban J connectivity index is 1.62. The molecule has 10 heteroatoms. The second-order valence-corrected chi connectivity index (χ2v) is 14.9. The number of hydrogen-bond donors (Lipinski definition) is 10. The van der Waals surface area contributed by atoms with E-state index in [1.807, 2.05) is 36.4 Å². The normalized spacial score (nSPS) is 17.5. The highest BCUT2D eigenvalue weighted by atomic mass is 16.4. The van der Waals surface area contributed by atoms with Crippen molar-refractivity contribution in [3.8, 4) is 57.1 Å². The molecule has 49 heavy (non-hydrogen) atoms. The van der Waals surface area contributed by atoms with Gasteiger partial charge < -0.3 is 51.1 Å². The summed E-state index contributed by atoms with van der Waals surface area (Å²) in [5, 5.41) is 110. The van der Waals surface area contributed by atoms with Crippen molar-refractivity contribution in [1.29, 1.82) is 0 Å². The Morgan fingerprint density at radius 3 is 1.49 bits per heavy atom. The molecule has 0 aromatic heterocycles. The molecule has 0 aliphatic heterocycles. The molecule has 10 N–H and O–H groups in total. The summed E-state index contributed by atoms with van der Waals surface area (Å²) in [5.74, 6) is -8.89. The third-order valence-corrected chi connectivity index (χ3v) is 9.52. The van der Waals surface area contributed by atoms with Crippen molar-refractivity contribution in [1.82, 2.24) is 0 Å². The van der Waals surface area contributed by atoms with Crippen LogP contribution in [0.5, 0.6) is 46.0 Å². The number of fused-ring (bicyclic) bond motifs is 2. The topological polar surface area (TPSA) is 202 Å². The summed E-state index contributed by atoms with van der Waals surface area (Å²) >= 11 is 0. The van der Waals surface area contributed by atoms with Crippen LogP contribution in [0.4, 0.5) is 0 Å². The smallest absolute Gasteiger partial charge is 0.204 e. The minimum Gasteiger partial charge on any atom is -0.511 e. The number of aliphatic hydroxyl groups is 2. The maximum Gasteiger partial charge on any atom is 0.204 e. The van der Waals surface area contributed by atoms with Crippen LogP contribution in [0.2, 0.25) is 0 Å². The first-order valence-corrected chi connectivity index (χ1v) is 15.8. The van der Waals surface area contributed by atoms with Gasteiger partial charge in [-0.3, -0.25) is 0 Å².